The van der Waals surface area contributed by atoms with Crippen LogP contribution in [0.2, 0.25) is 0 Å². The van der Waals surface area contributed by atoms with Gasteiger partial charge in [0.15, 0.2) is 5.69 Å². The fraction of sp³-hybridized carbons (Fsp3) is 0.462. The third-order valence-electron chi connectivity index (χ3n) is 3.14. The summed E-state index contributed by atoms with van der Waals surface area (Å²) in [6, 6.07) is 6.13. The number of hydrogen-bond donors (Lipinski definition) is 1. The van der Waals surface area contributed by atoms with Crippen molar-refractivity contribution < 1.29 is 4.79 Å². The van der Waals surface area contributed by atoms with E-state index in [1.165, 1.54) is 0 Å². The van der Waals surface area contributed by atoms with Gasteiger partial charge in [0.05, 0.1) is 5.69 Å². The number of anilines is 1. The Morgan fingerprint density at radius 3 is 2.89 bits per heavy atom. The summed E-state index contributed by atoms with van der Waals surface area (Å²) in [5.74, 6) is 0.0209. The minimum atomic E-state index is 0.0209. The van der Waals surface area contributed by atoms with Crippen molar-refractivity contribution >= 4 is 11.6 Å². The van der Waals surface area contributed by atoms with Gasteiger partial charge < -0.3 is 10.2 Å². The van der Waals surface area contributed by atoms with Crippen molar-refractivity contribution in [2.24, 2.45) is 0 Å². The highest BCUT2D eigenvalue weighted by Gasteiger charge is 2.21. The maximum absolute atomic E-state index is 11.0. The lowest BCUT2D eigenvalue weighted by Crippen LogP contribution is -2.44. The summed E-state index contributed by atoms with van der Waals surface area (Å²) >= 11 is 0. The number of aromatic nitrogens is 1. The molecule has 1 amide bonds. The molecule has 1 fully saturated rings. The number of nitriles is 1. The molecule has 18 heavy (non-hydrogen) atoms. The fourth-order valence-electron chi connectivity index (χ4n) is 2.29. The number of rotatable bonds is 2. The van der Waals surface area contributed by atoms with Crippen molar-refractivity contribution in [1.82, 2.24) is 10.3 Å². The van der Waals surface area contributed by atoms with Crippen LogP contribution in [0, 0.1) is 11.3 Å². The maximum Gasteiger partial charge on any atom is 0.217 e. The zero-order valence-electron chi connectivity index (χ0n) is 10.4. The van der Waals surface area contributed by atoms with E-state index in [0.717, 1.165) is 31.6 Å². The van der Waals surface area contributed by atoms with E-state index in [1.54, 1.807) is 13.1 Å². The summed E-state index contributed by atoms with van der Waals surface area (Å²) in [6.07, 6.45) is 3.44. The summed E-state index contributed by atoms with van der Waals surface area (Å²) < 4.78 is 0. The average Bonchev–Trinajstić information content (AvgIpc) is 2.39. The van der Waals surface area contributed by atoms with Crippen LogP contribution in [0.25, 0.3) is 0 Å². The molecule has 2 rings (SSSR count). The first-order chi connectivity index (χ1) is 8.70. The Morgan fingerprint density at radius 2 is 2.28 bits per heavy atom. The van der Waals surface area contributed by atoms with Gasteiger partial charge in [0.25, 0.3) is 0 Å². The molecular weight excluding hydrogens is 228 g/mol. The number of carbonyl (C=O) groups excluding carboxylic acids is 1. The number of hydrogen-bond acceptors (Lipinski definition) is 4. The second kappa shape index (κ2) is 5.50. The Hall–Kier alpha value is -2.09. The molecule has 1 aromatic rings. The second-order valence-electron chi connectivity index (χ2n) is 4.44. The largest absolute Gasteiger partial charge is 0.369 e. The summed E-state index contributed by atoms with van der Waals surface area (Å²) in [6.45, 7) is 3.22. The van der Waals surface area contributed by atoms with Crippen LogP contribution in [0.15, 0.2) is 18.3 Å². The Kier molecular flexibility index (Phi) is 3.78. The van der Waals surface area contributed by atoms with Crippen LogP contribution in [0.4, 0.5) is 5.69 Å². The lowest BCUT2D eigenvalue weighted by Gasteiger charge is -2.33. The Balaban J connectivity index is 2.01. The predicted octanol–water partition coefficient (Wildman–Crippen LogP) is 1.06. The standard InChI is InChI=1S/C13H16N4O/c1-10(18)16-11-4-7-17(8-5-11)13-3-2-6-15-12(13)9-14/h2-3,6,11H,4-5,7-8H2,1H3,(H,16,18). The molecule has 0 aliphatic carbocycles. The average molecular weight is 244 g/mol. The van der Waals surface area contributed by atoms with Crippen molar-refractivity contribution in [3.63, 3.8) is 0 Å². The molecule has 94 valence electrons. The molecule has 0 atom stereocenters. The summed E-state index contributed by atoms with van der Waals surface area (Å²) in [4.78, 5) is 17.2. The number of piperidine rings is 1. The lowest BCUT2D eigenvalue weighted by atomic mass is 10.0. The topological polar surface area (TPSA) is 69.0 Å². The SMILES string of the molecule is CC(=O)NC1CCN(c2cccnc2C#N)CC1. The molecule has 1 N–H and O–H groups in total. The molecule has 1 saturated heterocycles. The van der Waals surface area contributed by atoms with Crippen LogP contribution < -0.4 is 10.2 Å². The first-order valence-corrected chi connectivity index (χ1v) is 6.08. The molecule has 1 aliphatic rings. The highest BCUT2D eigenvalue weighted by Crippen LogP contribution is 2.22. The molecular formula is C13H16N4O. The van der Waals surface area contributed by atoms with Crippen LogP contribution in [0.1, 0.15) is 25.5 Å². The molecule has 5 heteroatoms. The van der Waals surface area contributed by atoms with Crippen LogP contribution in [-0.2, 0) is 4.79 Å². The van der Waals surface area contributed by atoms with Gasteiger partial charge in [0.2, 0.25) is 5.91 Å². The monoisotopic (exact) mass is 244 g/mol. The molecule has 1 aromatic heterocycles. The summed E-state index contributed by atoms with van der Waals surface area (Å²) in [5, 5.41) is 12.0. The molecule has 0 aromatic carbocycles. The zero-order valence-corrected chi connectivity index (χ0v) is 10.4. The number of nitrogens with zero attached hydrogens (tertiary/aromatic N) is 3. The molecule has 0 bridgehead atoms. The molecule has 0 spiro atoms. The van der Waals surface area contributed by atoms with Gasteiger partial charge in [-0.25, -0.2) is 4.98 Å². The van der Waals surface area contributed by atoms with Crippen molar-refractivity contribution in [2.75, 3.05) is 18.0 Å². The number of nitrogens with one attached hydrogen (secondary N) is 1. The molecule has 2 heterocycles. The Morgan fingerprint density at radius 1 is 1.56 bits per heavy atom. The normalized spacial score (nSPS) is 16.1. The quantitative estimate of drug-likeness (QED) is 0.844. The van der Waals surface area contributed by atoms with Gasteiger partial charge in [-0.05, 0) is 25.0 Å². The van der Waals surface area contributed by atoms with E-state index in [1.807, 2.05) is 12.1 Å². The van der Waals surface area contributed by atoms with E-state index in [9.17, 15) is 4.79 Å². The molecule has 0 radical (unpaired) electrons. The van der Waals surface area contributed by atoms with Gasteiger partial charge in [-0.15, -0.1) is 0 Å². The predicted molar refractivity (Wildman–Crippen MR) is 68.0 cm³/mol. The van der Waals surface area contributed by atoms with Crippen molar-refractivity contribution in [2.45, 2.75) is 25.8 Å². The number of pyridine rings is 1. The van der Waals surface area contributed by atoms with E-state index >= 15 is 0 Å². The molecule has 1 aliphatic heterocycles. The van der Waals surface area contributed by atoms with Crippen LogP contribution in [0.3, 0.4) is 0 Å². The highest BCUT2D eigenvalue weighted by molar-refractivity contribution is 5.73. The molecule has 5 nitrogen and oxygen atoms in total. The minimum Gasteiger partial charge on any atom is -0.369 e. The molecule has 0 saturated carbocycles. The lowest BCUT2D eigenvalue weighted by molar-refractivity contribution is -0.119. The Bertz CT molecular complexity index is 472. The van der Waals surface area contributed by atoms with E-state index in [4.69, 9.17) is 5.26 Å². The highest BCUT2D eigenvalue weighted by atomic mass is 16.1. The van der Waals surface area contributed by atoms with E-state index in [0.29, 0.717) is 5.69 Å². The van der Waals surface area contributed by atoms with Crippen molar-refractivity contribution in [3.05, 3.63) is 24.0 Å². The second-order valence-corrected chi connectivity index (χ2v) is 4.44. The number of amides is 1. The third kappa shape index (κ3) is 2.77. The number of carbonyl (C=O) groups is 1. The van der Waals surface area contributed by atoms with Gasteiger partial charge in [0, 0.05) is 32.3 Å². The summed E-state index contributed by atoms with van der Waals surface area (Å²) in [5.41, 5.74) is 1.36. The minimum absolute atomic E-state index is 0.0209. The van der Waals surface area contributed by atoms with Gasteiger partial charge in [0.1, 0.15) is 6.07 Å². The zero-order chi connectivity index (χ0) is 13.0. The summed E-state index contributed by atoms with van der Waals surface area (Å²) in [7, 11) is 0. The van der Waals surface area contributed by atoms with Gasteiger partial charge in [-0.1, -0.05) is 0 Å². The smallest absolute Gasteiger partial charge is 0.217 e. The first kappa shape index (κ1) is 12.4. The van der Waals surface area contributed by atoms with E-state index in [2.05, 4.69) is 21.3 Å². The fourth-order valence-corrected chi connectivity index (χ4v) is 2.29. The van der Waals surface area contributed by atoms with Gasteiger partial charge in [-0.3, -0.25) is 4.79 Å². The maximum atomic E-state index is 11.0. The van der Waals surface area contributed by atoms with E-state index in [-0.39, 0.29) is 11.9 Å². The van der Waals surface area contributed by atoms with Crippen molar-refractivity contribution in [1.29, 1.82) is 5.26 Å². The van der Waals surface area contributed by atoms with E-state index < -0.39 is 0 Å². The van der Waals surface area contributed by atoms with Gasteiger partial charge >= 0.3 is 0 Å². The Labute approximate surface area is 106 Å². The third-order valence-corrected chi connectivity index (χ3v) is 3.14. The van der Waals surface area contributed by atoms with Crippen LogP contribution >= 0.6 is 0 Å². The molecule has 0 unspecified atom stereocenters. The van der Waals surface area contributed by atoms with Crippen LogP contribution in [0.5, 0.6) is 0 Å². The van der Waals surface area contributed by atoms with Crippen LogP contribution in [-0.4, -0.2) is 30.0 Å². The first-order valence-electron chi connectivity index (χ1n) is 6.08. The van der Waals surface area contributed by atoms with Gasteiger partial charge in [-0.2, -0.15) is 5.26 Å². The van der Waals surface area contributed by atoms with Crippen molar-refractivity contribution in [3.8, 4) is 6.07 Å².